The third-order valence-electron chi connectivity index (χ3n) is 3.86. The molecule has 0 N–H and O–H groups in total. The molecule has 0 saturated carbocycles. The SMILES string of the molecule is O=C(CCc1ccsc1)N1CCCC1Cn1cccn1. The number of aromatic nitrogens is 2. The van der Waals surface area contributed by atoms with Crippen molar-refractivity contribution in [3.05, 3.63) is 40.8 Å². The summed E-state index contributed by atoms with van der Waals surface area (Å²) in [6.07, 6.45) is 7.42. The fourth-order valence-corrected chi connectivity index (χ4v) is 3.51. The summed E-state index contributed by atoms with van der Waals surface area (Å²) in [4.78, 5) is 14.4. The van der Waals surface area contributed by atoms with Crippen LogP contribution >= 0.6 is 11.3 Å². The number of likely N-dealkylation sites (tertiary alicyclic amines) is 1. The zero-order valence-electron chi connectivity index (χ0n) is 11.4. The molecule has 1 aliphatic heterocycles. The van der Waals surface area contributed by atoms with Crippen LogP contribution in [-0.4, -0.2) is 33.2 Å². The number of nitrogens with zero attached hydrogens (tertiary/aromatic N) is 3. The largest absolute Gasteiger partial charge is 0.338 e. The number of aryl methyl sites for hydroxylation is 1. The zero-order chi connectivity index (χ0) is 13.8. The van der Waals surface area contributed by atoms with Gasteiger partial charge in [0.05, 0.1) is 12.6 Å². The molecule has 1 aliphatic rings. The van der Waals surface area contributed by atoms with Gasteiger partial charge in [-0.3, -0.25) is 9.48 Å². The molecule has 1 atom stereocenters. The summed E-state index contributed by atoms with van der Waals surface area (Å²) < 4.78 is 1.93. The summed E-state index contributed by atoms with van der Waals surface area (Å²) in [6.45, 7) is 1.71. The van der Waals surface area contributed by atoms with E-state index in [9.17, 15) is 4.79 Å². The first-order valence-corrected chi connectivity index (χ1v) is 8.05. The third kappa shape index (κ3) is 3.10. The molecule has 4 nitrogen and oxygen atoms in total. The van der Waals surface area contributed by atoms with Crippen LogP contribution in [0.3, 0.4) is 0 Å². The van der Waals surface area contributed by atoms with E-state index in [-0.39, 0.29) is 5.91 Å². The maximum atomic E-state index is 12.4. The van der Waals surface area contributed by atoms with E-state index in [1.807, 2.05) is 21.8 Å². The van der Waals surface area contributed by atoms with Gasteiger partial charge in [0.1, 0.15) is 0 Å². The quantitative estimate of drug-likeness (QED) is 0.848. The van der Waals surface area contributed by atoms with Crippen LogP contribution in [0.25, 0.3) is 0 Å². The Morgan fingerprint density at radius 2 is 2.45 bits per heavy atom. The van der Waals surface area contributed by atoms with Crippen molar-refractivity contribution in [2.24, 2.45) is 0 Å². The predicted molar refractivity (Wildman–Crippen MR) is 79.6 cm³/mol. The van der Waals surface area contributed by atoms with Crippen molar-refractivity contribution in [1.82, 2.24) is 14.7 Å². The van der Waals surface area contributed by atoms with Crippen molar-refractivity contribution in [3.8, 4) is 0 Å². The fraction of sp³-hybridized carbons (Fsp3) is 0.467. The highest BCUT2D eigenvalue weighted by atomic mass is 32.1. The van der Waals surface area contributed by atoms with E-state index in [2.05, 4.69) is 21.9 Å². The van der Waals surface area contributed by atoms with Crippen molar-refractivity contribution >= 4 is 17.2 Å². The van der Waals surface area contributed by atoms with Gasteiger partial charge in [-0.05, 0) is 47.7 Å². The van der Waals surface area contributed by atoms with Crippen molar-refractivity contribution in [2.45, 2.75) is 38.3 Å². The second kappa shape index (κ2) is 6.22. The van der Waals surface area contributed by atoms with E-state index in [0.717, 1.165) is 32.4 Å². The van der Waals surface area contributed by atoms with Gasteiger partial charge in [0, 0.05) is 25.4 Å². The Labute approximate surface area is 123 Å². The molecule has 0 aromatic carbocycles. The van der Waals surface area contributed by atoms with Gasteiger partial charge in [0.15, 0.2) is 0 Å². The molecule has 5 heteroatoms. The van der Waals surface area contributed by atoms with Crippen LogP contribution in [-0.2, 0) is 17.8 Å². The Bertz CT molecular complexity index is 535. The molecule has 20 heavy (non-hydrogen) atoms. The molecular formula is C15H19N3OS. The number of thiophene rings is 1. The highest BCUT2D eigenvalue weighted by Crippen LogP contribution is 2.20. The van der Waals surface area contributed by atoms with Crippen molar-refractivity contribution in [3.63, 3.8) is 0 Å². The van der Waals surface area contributed by atoms with Crippen molar-refractivity contribution in [1.29, 1.82) is 0 Å². The Balaban J connectivity index is 1.55. The van der Waals surface area contributed by atoms with E-state index >= 15 is 0 Å². The highest BCUT2D eigenvalue weighted by Gasteiger charge is 2.28. The van der Waals surface area contributed by atoms with Crippen LogP contribution in [0.4, 0.5) is 0 Å². The molecule has 0 radical (unpaired) electrons. The summed E-state index contributed by atoms with van der Waals surface area (Å²) in [7, 11) is 0. The molecule has 1 unspecified atom stereocenters. The van der Waals surface area contributed by atoms with E-state index < -0.39 is 0 Å². The van der Waals surface area contributed by atoms with Crippen LogP contribution < -0.4 is 0 Å². The van der Waals surface area contributed by atoms with Gasteiger partial charge >= 0.3 is 0 Å². The molecular weight excluding hydrogens is 270 g/mol. The third-order valence-corrected chi connectivity index (χ3v) is 4.59. The number of rotatable bonds is 5. The van der Waals surface area contributed by atoms with E-state index in [4.69, 9.17) is 0 Å². The lowest BCUT2D eigenvalue weighted by Gasteiger charge is -2.24. The van der Waals surface area contributed by atoms with Crippen LogP contribution in [0.5, 0.6) is 0 Å². The predicted octanol–water partition coefficient (Wildman–Crippen LogP) is 2.57. The lowest BCUT2D eigenvalue weighted by atomic mass is 10.1. The Morgan fingerprint density at radius 1 is 1.50 bits per heavy atom. The standard InChI is InChI=1S/C15H19N3OS/c19-15(5-4-13-6-10-20-12-13)18-9-1-3-14(18)11-17-8-2-7-16-17/h2,6-8,10,12,14H,1,3-5,9,11H2. The monoisotopic (exact) mass is 289 g/mol. The first-order valence-electron chi connectivity index (χ1n) is 7.11. The van der Waals surface area contributed by atoms with E-state index in [1.54, 1.807) is 17.5 Å². The first kappa shape index (κ1) is 13.4. The maximum absolute atomic E-state index is 12.4. The molecule has 2 aromatic rings. The maximum Gasteiger partial charge on any atom is 0.223 e. The molecule has 3 rings (SSSR count). The molecule has 3 heterocycles. The average molecular weight is 289 g/mol. The van der Waals surface area contributed by atoms with Crippen LogP contribution in [0.15, 0.2) is 35.3 Å². The van der Waals surface area contributed by atoms with E-state index in [1.165, 1.54) is 5.56 Å². The Hall–Kier alpha value is -1.62. The van der Waals surface area contributed by atoms with Crippen molar-refractivity contribution in [2.75, 3.05) is 6.54 Å². The average Bonchev–Trinajstić information content (AvgIpc) is 3.19. The van der Waals surface area contributed by atoms with Gasteiger partial charge in [-0.1, -0.05) is 0 Å². The number of hydrogen-bond donors (Lipinski definition) is 0. The summed E-state index contributed by atoms with van der Waals surface area (Å²) >= 11 is 1.69. The van der Waals surface area contributed by atoms with Crippen LogP contribution in [0, 0.1) is 0 Å². The summed E-state index contributed by atoms with van der Waals surface area (Å²) in [5.41, 5.74) is 1.27. The second-order valence-electron chi connectivity index (χ2n) is 5.24. The van der Waals surface area contributed by atoms with Gasteiger partial charge < -0.3 is 4.90 Å². The lowest BCUT2D eigenvalue weighted by Crippen LogP contribution is -2.38. The minimum Gasteiger partial charge on any atom is -0.338 e. The summed E-state index contributed by atoms with van der Waals surface area (Å²) in [6, 6.07) is 4.34. The Kier molecular flexibility index (Phi) is 4.16. The van der Waals surface area contributed by atoms with Gasteiger partial charge in [-0.15, -0.1) is 0 Å². The lowest BCUT2D eigenvalue weighted by molar-refractivity contribution is -0.132. The zero-order valence-corrected chi connectivity index (χ0v) is 12.3. The summed E-state index contributed by atoms with van der Waals surface area (Å²) in [5, 5.41) is 8.43. The number of hydrogen-bond acceptors (Lipinski definition) is 3. The number of carbonyl (C=O) groups is 1. The molecule has 0 bridgehead atoms. The van der Waals surface area contributed by atoms with Gasteiger partial charge in [0.2, 0.25) is 5.91 Å². The fourth-order valence-electron chi connectivity index (χ4n) is 2.81. The number of amides is 1. The van der Waals surface area contributed by atoms with Gasteiger partial charge in [-0.2, -0.15) is 16.4 Å². The van der Waals surface area contributed by atoms with Crippen LogP contribution in [0.2, 0.25) is 0 Å². The van der Waals surface area contributed by atoms with Crippen molar-refractivity contribution < 1.29 is 4.79 Å². The van der Waals surface area contributed by atoms with Crippen LogP contribution in [0.1, 0.15) is 24.8 Å². The summed E-state index contributed by atoms with van der Waals surface area (Å²) in [5.74, 6) is 0.283. The molecule has 106 valence electrons. The molecule has 0 aliphatic carbocycles. The normalized spacial score (nSPS) is 18.6. The van der Waals surface area contributed by atoms with E-state index in [0.29, 0.717) is 12.5 Å². The molecule has 1 amide bonds. The molecule has 1 saturated heterocycles. The minimum atomic E-state index is 0.283. The minimum absolute atomic E-state index is 0.283. The second-order valence-corrected chi connectivity index (χ2v) is 6.02. The smallest absolute Gasteiger partial charge is 0.223 e. The van der Waals surface area contributed by atoms with Gasteiger partial charge in [-0.25, -0.2) is 0 Å². The molecule has 1 fully saturated rings. The highest BCUT2D eigenvalue weighted by molar-refractivity contribution is 7.07. The van der Waals surface area contributed by atoms with Gasteiger partial charge in [0.25, 0.3) is 0 Å². The molecule has 0 spiro atoms. The number of carbonyl (C=O) groups excluding carboxylic acids is 1. The topological polar surface area (TPSA) is 38.1 Å². The molecule has 2 aromatic heterocycles. The first-order chi connectivity index (χ1) is 9.83. The Morgan fingerprint density at radius 3 is 3.20 bits per heavy atom.